The van der Waals surface area contributed by atoms with E-state index in [1.165, 1.54) is 38.4 Å². The lowest BCUT2D eigenvalue weighted by Crippen LogP contribution is -2.40. The van der Waals surface area contributed by atoms with E-state index < -0.39 is 5.60 Å². The van der Waals surface area contributed by atoms with Crippen LogP contribution in [-0.4, -0.2) is 17.6 Å². The molecule has 2 rings (SSSR count). The third-order valence-corrected chi connectivity index (χ3v) is 4.52. The van der Waals surface area contributed by atoms with Crippen molar-refractivity contribution >= 4 is 5.91 Å². The molecule has 1 heterocycles. The molecule has 1 saturated carbocycles. The summed E-state index contributed by atoms with van der Waals surface area (Å²) in [4.78, 5) is 12.2. The van der Waals surface area contributed by atoms with Gasteiger partial charge in [-0.1, -0.05) is 39.0 Å². The summed E-state index contributed by atoms with van der Waals surface area (Å²) < 4.78 is 5.21. The maximum absolute atomic E-state index is 12.2. The first kappa shape index (κ1) is 16.1. The highest BCUT2D eigenvalue weighted by Gasteiger charge is 2.28. The Labute approximate surface area is 126 Å². The maximum Gasteiger partial charge on any atom is 0.222 e. The molecule has 4 nitrogen and oxygen atoms in total. The fraction of sp³-hybridized carbons (Fsp3) is 0.706. The van der Waals surface area contributed by atoms with E-state index in [-0.39, 0.29) is 18.4 Å². The van der Waals surface area contributed by atoms with E-state index in [1.807, 2.05) is 6.92 Å². The zero-order valence-electron chi connectivity index (χ0n) is 13.1. The molecule has 0 radical (unpaired) electrons. The minimum Gasteiger partial charge on any atom is -0.466 e. The Hall–Kier alpha value is -1.29. The molecule has 1 aromatic heterocycles. The molecular weight excluding hydrogens is 266 g/mol. The second-order valence-electron chi connectivity index (χ2n) is 6.61. The predicted molar refractivity (Wildman–Crippen MR) is 81.6 cm³/mol. The van der Waals surface area contributed by atoms with Crippen LogP contribution in [0.3, 0.4) is 0 Å². The number of carbonyl (C=O) groups excluding carboxylic acids is 1. The number of carbonyl (C=O) groups is 1. The van der Waals surface area contributed by atoms with Crippen molar-refractivity contribution in [3.05, 3.63) is 24.2 Å². The molecule has 2 N–H and O–H groups in total. The van der Waals surface area contributed by atoms with Gasteiger partial charge in [0.15, 0.2) is 0 Å². The lowest BCUT2D eigenvalue weighted by atomic mass is 9.83. The topological polar surface area (TPSA) is 62.5 Å². The summed E-state index contributed by atoms with van der Waals surface area (Å²) in [6.07, 6.45) is 8.91. The maximum atomic E-state index is 12.2. The lowest BCUT2D eigenvalue weighted by molar-refractivity contribution is -0.126. The fourth-order valence-corrected chi connectivity index (χ4v) is 3.14. The number of amides is 1. The Morgan fingerprint density at radius 1 is 1.48 bits per heavy atom. The Morgan fingerprint density at radius 3 is 2.81 bits per heavy atom. The van der Waals surface area contributed by atoms with E-state index in [1.54, 1.807) is 19.1 Å². The molecule has 1 aliphatic rings. The van der Waals surface area contributed by atoms with Crippen molar-refractivity contribution in [3.8, 4) is 0 Å². The van der Waals surface area contributed by atoms with Crippen molar-refractivity contribution in [2.24, 2.45) is 11.8 Å². The van der Waals surface area contributed by atoms with E-state index in [9.17, 15) is 9.90 Å². The Kier molecular flexibility index (Phi) is 5.45. The Bertz CT molecular complexity index is 433. The van der Waals surface area contributed by atoms with Crippen LogP contribution >= 0.6 is 0 Å². The highest BCUT2D eigenvalue weighted by atomic mass is 16.4. The SMILES string of the molecule is CC(CC1CCCCC1)C(=O)NCC(C)(O)c1ccco1. The van der Waals surface area contributed by atoms with E-state index in [4.69, 9.17) is 4.42 Å². The van der Waals surface area contributed by atoms with Crippen molar-refractivity contribution in [2.45, 2.75) is 58.0 Å². The standard InChI is InChI=1S/C17H27NO3/c1-13(11-14-7-4-3-5-8-14)16(19)18-12-17(2,20)15-9-6-10-21-15/h6,9-10,13-14,20H,3-5,7-8,11-12H2,1-2H3,(H,18,19). The predicted octanol–water partition coefficient (Wildman–Crippen LogP) is 3.21. The van der Waals surface area contributed by atoms with Gasteiger partial charge in [-0.15, -0.1) is 0 Å². The minimum atomic E-state index is -1.16. The molecule has 2 unspecified atom stereocenters. The highest BCUT2D eigenvalue weighted by molar-refractivity contribution is 5.78. The summed E-state index contributed by atoms with van der Waals surface area (Å²) >= 11 is 0. The van der Waals surface area contributed by atoms with E-state index in [2.05, 4.69) is 5.32 Å². The molecule has 1 fully saturated rings. The molecule has 2 atom stereocenters. The van der Waals surface area contributed by atoms with Crippen LogP contribution in [0.2, 0.25) is 0 Å². The second kappa shape index (κ2) is 7.12. The normalized spacial score (nSPS) is 20.7. The number of rotatable bonds is 6. The van der Waals surface area contributed by atoms with Gasteiger partial charge in [0.1, 0.15) is 11.4 Å². The van der Waals surface area contributed by atoms with Gasteiger partial charge in [0.25, 0.3) is 0 Å². The van der Waals surface area contributed by atoms with Gasteiger partial charge < -0.3 is 14.8 Å². The van der Waals surface area contributed by atoms with Crippen LogP contribution in [0.15, 0.2) is 22.8 Å². The molecule has 21 heavy (non-hydrogen) atoms. The van der Waals surface area contributed by atoms with Gasteiger partial charge in [0, 0.05) is 5.92 Å². The molecule has 118 valence electrons. The molecule has 1 aliphatic carbocycles. The molecule has 4 heteroatoms. The first-order chi connectivity index (χ1) is 9.99. The summed E-state index contributed by atoms with van der Waals surface area (Å²) in [7, 11) is 0. The number of aliphatic hydroxyl groups is 1. The average Bonchev–Trinajstić information content (AvgIpc) is 3.01. The minimum absolute atomic E-state index is 0.000464. The molecule has 0 saturated heterocycles. The monoisotopic (exact) mass is 293 g/mol. The average molecular weight is 293 g/mol. The van der Waals surface area contributed by atoms with Crippen molar-refractivity contribution in [1.29, 1.82) is 0 Å². The third-order valence-electron chi connectivity index (χ3n) is 4.52. The van der Waals surface area contributed by atoms with Gasteiger partial charge in [0.2, 0.25) is 5.91 Å². The lowest BCUT2D eigenvalue weighted by Gasteiger charge is -2.26. The number of hydrogen-bond acceptors (Lipinski definition) is 3. The van der Waals surface area contributed by atoms with Gasteiger partial charge in [-0.2, -0.15) is 0 Å². The van der Waals surface area contributed by atoms with E-state index in [0.717, 1.165) is 6.42 Å². The Morgan fingerprint density at radius 2 is 2.19 bits per heavy atom. The van der Waals surface area contributed by atoms with Crippen LogP contribution in [0.25, 0.3) is 0 Å². The van der Waals surface area contributed by atoms with Crippen LogP contribution in [0.1, 0.15) is 58.1 Å². The van der Waals surface area contributed by atoms with Gasteiger partial charge in [-0.3, -0.25) is 4.79 Å². The highest BCUT2D eigenvalue weighted by Crippen LogP contribution is 2.29. The quantitative estimate of drug-likeness (QED) is 0.846. The van der Waals surface area contributed by atoms with Crippen LogP contribution in [0, 0.1) is 11.8 Å². The molecule has 1 amide bonds. The number of hydrogen-bond donors (Lipinski definition) is 2. The summed E-state index contributed by atoms with van der Waals surface area (Å²) in [6.45, 7) is 3.80. The molecule has 1 aromatic rings. The molecule has 0 aliphatic heterocycles. The summed E-state index contributed by atoms with van der Waals surface area (Å²) in [5.74, 6) is 1.18. The van der Waals surface area contributed by atoms with E-state index >= 15 is 0 Å². The number of nitrogens with one attached hydrogen (secondary N) is 1. The second-order valence-corrected chi connectivity index (χ2v) is 6.61. The van der Waals surface area contributed by atoms with Crippen LogP contribution in [0.4, 0.5) is 0 Å². The van der Waals surface area contributed by atoms with Crippen LogP contribution in [0.5, 0.6) is 0 Å². The van der Waals surface area contributed by atoms with Gasteiger partial charge >= 0.3 is 0 Å². The Balaban J connectivity index is 1.78. The molecular formula is C17H27NO3. The fourth-order valence-electron chi connectivity index (χ4n) is 3.14. The first-order valence-electron chi connectivity index (χ1n) is 8.03. The van der Waals surface area contributed by atoms with Crippen LogP contribution in [-0.2, 0) is 10.4 Å². The van der Waals surface area contributed by atoms with Gasteiger partial charge in [-0.25, -0.2) is 0 Å². The number of furan rings is 1. The van der Waals surface area contributed by atoms with Gasteiger partial charge in [-0.05, 0) is 31.4 Å². The van der Waals surface area contributed by atoms with E-state index in [0.29, 0.717) is 11.7 Å². The molecule has 0 spiro atoms. The van der Waals surface area contributed by atoms with Gasteiger partial charge in [0.05, 0.1) is 12.8 Å². The van der Waals surface area contributed by atoms with Crippen molar-refractivity contribution in [2.75, 3.05) is 6.54 Å². The first-order valence-corrected chi connectivity index (χ1v) is 8.03. The summed E-state index contributed by atoms with van der Waals surface area (Å²) in [5, 5.41) is 13.2. The zero-order chi connectivity index (χ0) is 15.3. The summed E-state index contributed by atoms with van der Waals surface area (Å²) in [6, 6.07) is 3.45. The third kappa shape index (κ3) is 4.60. The smallest absolute Gasteiger partial charge is 0.222 e. The van der Waals surface area contributed by atoms with Crippen molar-refractivity contribution in [1.82, 2.24) is 5.32 Å². The largest absolute Gasteiger partial charge is 0.466 e. The summed E-state index contributed by atoms with van der Waals surface area (Å²) in [5.41, 5.74) is -1.16. The van der Waals surface area contributed by atoms with Crippen molar-refractivity contribution in [3.63, 3.8) is 0 Å². The zero-order valence-corrected chi connectivity index (χ0v) is 13.1. The molecule has 0 bridgehead atoms. The van der Waals surface area contributed by atoms with Crippen molar-refractivity contribution < 1.29 is 14.3 Å². The molecule has 0 aromatic carbocycles. The van der Waals surface area contributed by atoms with Crippen LogP contribution < -0.4 is 5.32 Å².